The number of nitrogens with one attached hydrogen (secondary N) is 1. The van der Waals surface area contributed by atoms with Gasteiger partial charge in [0.25, 0.3) is 5.91 Å². The number of rotatable bonds is 6. The zero-order valence-electron chi connectivity index (χ0n) is 14.5. The highest BCUT2D eigenvalue weighted by Gasteiger charge is 2.18. The van der Waals surface area contributed by atoms with Gasteiger partial charge < -0.3 is 9.73 Å². The van der Waals surface area contributed by atoms with Gasteiger partial charge in [0.05, 0.1) is 12.6 Å². The van der Waals surface area contributed by atoms with Crippen LogP contribution in [0.25, 0.3) is 0 Å². The lowest BCUT2D eigenvalue weighted by molar-refractivity contribution is 0.0904. The summed E-state index contributed by atoms with van der Waals surface area (Å²) < 4.78 is 5.75. The summed E-state index contributed by atoms with van der Waals surface area (Å²) in [6.07, 6.45) is 3.35. The molecule has 24 heavy (non-hydrogen) atoms. The molecule has 4 nitrogen and oxygen atoms in total. The van der Waals surface area contributed by atoms with Gasteiger partial charge in [-0.15, -0.1) is 0 Å². The third-order valence-corrected chi connectivity index (χ3v) is 4.66. The van der Waals surface area contributed by atoms with Crippen LogP contribution in [0.3, 0.4) is 0 Å². The molecule has 1 atom stereocenters. The van der Waals surface area contributed by atoms with Gasteiger partial charge >= 0.3 is 0 Å². The van der Waals surface area contributed by atoms with E-state index in [1.54, 1.807) is 6.07 Å². The molecule has 0 bridgehead atoms. The predicted molar refractivity (Wildman–Crippen MR) is 94.9 cm³/mol. The van der Waals surface area contributed by atoms with Crippen LogP contribution in [0.2, 0.25) is 0 Å². The molecule has 3 rings (SSSR count). The van der Waals surface area contributed by atoms with Crippen LogP contribution >= 0.6 is 0 Å². The van der Waals surface area contributed by atoms with Crippen molar-refractivity contribution >= 4 is 5.91 Å². The third kappa shape index (κ3) is 4.06. The number of nitrogens with zero attached hydrogens (tertiary/aromatic N) is 1. The molecule has 0 radical (unpaired) electrons. The maximum absolute atomic E-state index is 12.5. The van der Waals surface area contributed by atoms with E-state index < -0.39 is 0 Å². The molecule has 1 aromatic carbocycles. The van der Waals surface area contributed by atoms with Crippen molar-refractivity contribution in [3.63, 3.8) is 0 Å². The van der Waals surface area contributed by atoms with Crippen LogP contribution in [-0.2, 0) is 6.54 Å². The third-order valence-electron chi connectivity index (χ3n) is 4.66. The Morgan fingerprint density at radius 2 is 1.88 bits per heavy atom. The molecule has 128 valence electrons. The van der Waals surface area contributed by atoms with Crippen LogP contribution in [0.5, 0.6) is 0 Å². The number of hydrogen-bond donors (Lipinski definition) is 1. The second kappa shape index (κ2) is 7.67. The molecular formula is C20H26N2O2. The first kappa shape index (κ1) is 16.8. The molecular weight excluding hydrogens is 300 g/mol. The average Bonchev–Trinajstić information content (AvgIpc) is 3.26. The Labute approximate surface area is 143 Å². The smallest absolute Gasteiger partial charge is 0.287 e. The Kier molecular flexibility index (Phi) is 5.36. The molecule has 1 aromatic heterocycles. The molecule has 1 amide bonds. The number of carbonyl (C=O) groups is 1. The molecule has 1 aliphatic rings. The van der Waals surface area contributed by atoms with Gasteiger partial charge in [-0.3, -0.25) is 9.69 Å². The highest BCUT2D eigenvalue weighted by Crippen LogP contribution is 2.19. The van der Waals surface area contributed by atoms with E-state index in [0.29, 0.717) is 5.76 Å². The molecule has 0 spiro atoms. The summed E-state index contributed by atoms with van der Waals surface area (Å²) >= 11 is 0. The standard InChI is InChI=1S/C20H26N2O2/c1-3-18(16-8-6-15(2)7-9-16)21-20(23)19-11-10-17(24-19)14-22-12-4-5-13-22/h6-11,18H,3-5,12-14H2,1-2H3,(H,21,23). The zero-order chi connectivity index (χ0) is 16.9. The zero-order valence-corrected chi connectivity index (χ0v) is 14.5. The number of amides is 1. The minimum atomic E-state index is -0.143. The molecule has 0 aliphatic carbocycles. The van der Waals surface area contributed by atoms with Crippen molar-refractivity contribution < 1.29 is 9.21 Å². The number of benzene rings is 1. The largest absolute Gasteiger partial charge is 0.455 e. The van der Waals surface area contributed by atoms with Crippen LogP contribution in [0, 0.1) is 6.92 Å². The molecule has 1 unspecified atom stereocenters. The average molecular weight is 326 g/mol. The Morgan fingerprint density at radius 3 is 2.54 bits per heavy atom. The van der Waals surface area contributed by atoms with Gasteiger partial charge in [0.1, 0.15) is 5.76 Å². The Balaban J connectivity index is 1.62. The number of hydrogen-bond acceptors (Lipinski definition) is 3. The fourth-order valence-corrected chi connectivity index (χ4v) is 3.20. The SMILES string of the molecule is CCC(NC(=O)c1ccc(CN2CCCC2)o1)c1ccc(C)cc1. The van der Waals surface area contributed by atoms with Crippen LogP contribution in [0.1, 0.15) is 59.7 Å². The highest BCUT2D eigenvalue weighted by atomic mass is 16.4. The Hall–Kier alpha value is -2.07. The van der Waals surface area contributed by atoms with E-state index in [1.807, 2.05) is 6.07 Å². The Morgan fingerprint density at radius 1 is 1.17 bits per heavy atom. The van der Waals surface area contributed by atoms with Gasteiger partial charge in [-0.1, -0.05) is 36.8 Å². The maximum atomic E-state index is 12.5. The van der Waals surface area contributed by atoms with E-state index in [2.05, 4.69) is 48.3 Å². The van der Waals surface area contributed by atoms with Gasteiger partial charge in [0, 0.05) is 0 Å². The quantitative estimate of drug-likeness (QED) is 0.870. The van der Waals surface area contributed by atoms with Gasteiger partial charge in [0.2, 0.25) is 0 Å². The second-order valence-corrected chi connectivity index (χ2v) is 6.59. The van der Waals surface area contributed by atoms with Crippen LogP contribution < -0.4 is 5.32 Å². The van der Waals surface area contributed by atoms with Crippen molar-refractivity contribution in [2.45, 2.75) is 45.7 Å². The van der Waals surface area contributed by atoms with Crippen molar-refractivity contribution in [3.8, 4) is 0 Å². The summed E-state index contributed by atoms with van der Waals surface area (Å²) in [7, 11) is 0. The minimum absolute atomic E-state index is 0.00484. The maximum Gasteiger partial charge on any atom is 0.287 e. The Bertz CT molecular complexity index is 669. The fraction of sp³-hybridized carbons (Fsp3) is 0.450. The minimum Gasteiger partial charge on any atom is -0.455 e. The van der Waals surface area contributed by atoms with Crippen molar-refractivity contribution in [2.24, 2.45) is 0 Å². The monoisotopic (exact) mass is 326 g/mol. The van der Waals surface area contributed by atoms with Crippen LogP contribution in [0.4, 0.5) is 0 Å². The first-order chi connectivity index (χ1) is 11.7. The molecule has 0 saturated carbocycles. The number of aryl methyl sites for hydroxylation is 1. The van der Waals surface area contributed by atoms with Gasteiger partial charge in [-0.25, -0.2) is 0 Å². The van der Waals surface area contributed by atoms with Crippen molar-refractivity contribution in [1.82, 2.24) is 10.2 Å². The lowest BCUT2D eigenvalue weighted by atomic mass is 10.0. The number of likely N-dealkylation sites (tertiary alicyclic amines) is 1. The molecule has 2 aromatic rings. The molecule has 4 heteroatoms. The van der Waals surface area contributed by atoms with Gasteiger partial charge in [-0.05, 0) is 57.0 Å². The summed E-state index contributed by atoms with van der Waals surface area (Å²) in [5.74, 6) is 1.12. The van der Waals surface area contributed by atoms with E-state index in [-0.39, 0.29) is 11.9 Å². The van der Waals surface area contributed by atoms with Crippen LogP contribution in [-0.4, -0.2) is 23.9 Å². The van der Waals surface area contributed by atoms with E-state index >= 15 is 0 Å². The summed E-state index contributed by atoms with van der Waals surface area (Å²) in [4.78, 5) is 14.8. The lowest BCUT2D eigenvalue weighted by Gasteiger charge is -2.17. The predicted octanol–water partition coefficient (Wildman–Crippen LogP) is 4.06. The number of furan rings is 1. The normalized spacial score (nSPS) is 16.2. The lowest BCUT2D eigenvalue weighted by Crippen LogP contribution is -2.27. The summed E-state index contributed by atoms with van der Waals surface area (Å²) in [5, 5.41) is 3.08. The fourth-order valence-electron chi connectivity index (χ4n) is 3.20. The molecule has 1 aliphatic heterocycles. The van der Waals surface area contributed by atoms with Crippen molar-refractivity contribution in [1.29, 1.82) is 0 Å². The van der Waals surface area contributed by atoms with Gasteiger partial charge in [0.15, 0.2) is 5.76 Å². The summed E-state index contributed by atoms with van der Waals surface area (Å²) in [6, 6.07) is 12.0. The molecule has 1 fully saturated rings. The van der Waals surface area contributed by atoms with E-state index in [9.17, 15) is 4.79 Å². The van der Waals surface area contributed by atoms with Crippen molar-refractivity contribution in [3.05, 3.63) is 59.0 Å². The van der Waals surface area contributed by atoms with E-state index in [1.165, 1.54) is 18.4 Å². The topological polar surface area (TPSA) is 45.5 Å². The van der Waals surface area contributed by atoms with Crippen LogP contribution in [0.15, 0.2) is 40.8 Å². The van der Waals surface area contributed by atoms with E-state index in [4.69, 9.17) is 4.42 Å². The van der Waals surface area contributed by atoms with E-state index in [0.717, 1.165) is 37.4 Å². The second-order valence-electron chi connectivity index (χ2n) is 6.59. The first-order valence-corrected chi connectivity index (χ1v) is 8.84. The number of carbonyl (C=O) groups excluding carboxylic acids is 1. The van der Waals surface area contributed by atoms with Gasteiger partial charge in [-0.2, -0.15) is 0 Å². The molecule has 1 saturated heterocycles. The highest BCUT2D eigenvalue weighted by molar-refractivity contribution is 5.91. The summed E-state index contributed by atoms with van der Waals surface area (Å²) in [6.45, 7) is 7.17. The first-order valence-electron chi connectivity index (χ1n) is 8.84. The molecule has 2 heterocycles. The molecule has 1 N–H and O–H groups in total. The summed E-state index contributed by atoms with van der Waals surface area (Å²) in [5.41, 5.74) is 2.35. The van der Waals surface area contributed by atoms with Crippen molar-refractivity contribution in [2.75, 3.05) is 13.1 Å².